The van der Waals surface area contributed by atoms with Crippen molar-refractivity contribution in [2.75, 3.05) is 13.1 Å². The molecule has 2 heterocycles. The number of rotatable bonds is 3. The highest BCUT2D eigenvalue weighted by Gasteiger charge is 2.21. The van der Waals surface area contributed by atoms with E-state index in [1.807, 2.05) is 29.3 Å². The maximum absolute atomic E-state index is 11.6. The normalized spacial score (nSPS) is 18.2. The minimum Gasteiger partial charge on any atom is -0.343 e. The van der Waals surface area contributed by atoms with Gasteiger partial charge in [0, 0.05) is 31.8 Å². The van der Waals surface area contributed by atoms with Crippen LogP contribution in [0.3, 0.4) is 0 Å². The molecule has 1 aromatic heterocycles. The van der Waals surface area contributed by atoms with Gasteiger partial charge in [-0.15, -0.1) is 0 Å². The van der Waals surface area contributed by atoms with Crippen LogP contribution < -0.4 is 0 Å². The topological polar surface area (TPSA) is 33.2 Å². The molecule has 1 atom stereocenters. The van der Waals surface area contributed by atoms with Gasteiger partial charge < -0.3 is 4.90 Å². The lowest BCUT2D eigenvalue weighted by Gasteiger charge is -2.32. The molecule has 0 bridgehead atoms. The maximum atomic E-state index is 11.6. The lowest BCUT2D eigenvalue weighted by molar-refractivity contribution is -0.130. The third-order valence-corrected chi connectivity index (χ3v) is 4.38. The number of hydrogen-bond donors (Lipinski definition) is 0. The summed E-state index contributed by atoms with van der Waals surface area (Å²) < 4.78 is 0. The molecule has 0 radical (unpaired) electrons. The van der Waals surface area contributed by atoms with Gasteiger partial charge in [0.2, 0.25) is 5.91 Å². The third-order valence-electron chi connectivity index (χ3n) is 4.38. The average Bonchev–Trinajstić information content (AvgIpc) is 2.56. The van der Waals surface area contributed by atoms with Gasteiger partial charge in [0.05, 0.1) is 5.69 Å². The Morgan fingerprint density at radius 2 is 2.09 bits per heavy atom. The smallest absolute Gasteiger partial charge is 0.219 e. The molecule has 1 fully saturated rings. The number of carbonyl (C=O) groups is 1. The predicted molar refractivity (Wildman–Crippen MR) is 88.4 cm³/mol. The minimum absolute atomic E-state index is 0.199. The molecule has 2 aromatic rings. The zero-order valence-electron chi connectivity index (χ0n) is 13.0. The summed E-state index contributed by atoms with van der Waals surface area (Å²) in [6.45, 7) is 3.47. The van der Waals surface area contributed by atoms with Gasteiger partial charge >= 0.3 is 0 Å². The van der Waals surface area contributed by atoms with E-state index >= 15 is 0 Å². The number of carbonyl (C=O) groups excluding carboxylic acids is 1. The molecule has 0 N–H and O–H groups in total. The van der Waals surface area contributed by atoms with E-state index in [4.69, 9.17) is 0 Å². The Morgan fingerprint density at radius 3 is 2.86 bits per heavy atom. The molecule has 1 unspecified atom stereocenters. The number of likely N-dealkylation sites (tertiary alicyclic amines) is 1. The Hall–Kier alpha value is -2.16. The van der Waals surface area contributed by atoms with Crippen LogP contribution in [-0.2, 0) is 11.2 Å². The Labute approximate surface area is 132 Å². The molecule has 0 saturated carbocycles. The van der Waals surface area contributed by atoms with Gasteiger partial charge in [-0.1, -0.05) is 30.3 Å². The SMILES string of the molecule is CC(=O)N1CCCC(Cc2ccnc(-c3ccccc3)c2)C1. The molecule has 3 nitrogen and oxygen atoms in total. The van der Waals surface area contributed by atoms with E-state index in [0.29, 0.717) is 5.92 Å². The number of pyridine rings is 1. The average molecular weight is 294 g/mol. The van der Waals surface area contributed by atoms with E-state index in [0.717, 1.165) is 37.2 Å². The number of amides is 1. The highest BCUT2D eigenvalue weighted by atomic mass is 16.2. The third kappa shape index (κ3) is 3.53. The van der Waals surface area contributed by atoms with Crippen molar-refractivity contribution in [1.82, 2.24) is 9.88 Å². The van der Waals surface area contributed by atoms with Crippen molar-refractivity contribution in [3.05, 3.63) is 54.2 Å². The summed E-state index contributed by atoms with van der Waals surface area (Å²) in [4.78, 5) is 18.0. The molecule has 114 valence electrons. The standard InChI is InChI=1S/C19H22N2O/c1-15(22)21-11-5-6-17(14-21)12-16-9-10-20-19(13-16)18-7-3-2-4-8-18/h2-4,7-10,13,17H,5-6,11-12,14H2,1H3. The molecule has 0 aliphatic carbocycles. The van der Waals surface area contributed by atoms with E-state index in [1.54, 1.807) is 6.92 Å². The summed E-state index contributed by atoms with van der Waals surface area (Å²) in [5.74, 6) is 0.757. The fraction of sp³-hybridized carbons (Fsp3) is 0.368. The van der Waals surface area contributed by atoms with Crippen LogP contribution in [0.2, 0.25) is 0 Å². The Morgan fingerprint density at radius 1 is 1.27 bits per heavy atom. The summed E-state index contributed by atoms with van der Waals surface area (Å²) in [6, 6.07) is 14.5. The van der Waals surface area contributed by atoms with Crippen LogP contribution >= 0.6 is 0 Å². The first-order chi connectivity index (χ1) is 10.7. The molecular formula is C19H22N2O. The molecule has 1 aliphatic heterocycles. The van der Waals surface area contributed by atoms with Gasteiger partial charge in [0.1, 0.15) is 0 Å². The number of benzene rings is 1. The lowest BCUT2D eigenvalue weighted by Crippen LogP contribution is -2.39. The molecule has 1 aliphatic rings. The van der Waals surface area contributed by atoms with E-state index in [-0.39, 0.29) is 5.91 Å². The summed E-state index contributed by atoms with van der Waals surface area (Å²) >= 11 is 0. The number of hydrogen-bond acceptors (Lipinski definition) is 2. The van der Waals surface area contributed by atoms with Crippen LogP contribution in [0.5, 0.6) is 0 Å². The fourth-order valence-electron chi connectivity index (χ4n) is 3.22. The quantitative estimate of drug-likeness (QED) is 0.867. The minimum atomic E-state index is 0.199. The highest BCUT2D eigenvalue weighted by molar-refractivity contribution is 5.73. The first-order valence-corrected chi connectivity index (χ1v) is 7.98. The van der Waals surface area contributed by atoms with Crippen LogP contribution in [0.1, 0.15) is 25.3 Å². The molecule has 0 spiro atoms. The largest absolute Gasteiger partial charge is 0.343 e. The number of nitrogens with zero attached hydrogens (tertiary/aromatic N) is 2. The summed E-state index contributed by atoms with van der Waals surface area (Å²) in [5.41, 5.74) is 3.49. The number of aromatic nitrogens is 1. The second-order valence-corrected chi connectivity index (χ2v) is 6.09. The molecule has 3 heteroatoms. The van der Waals surface area contributed by atoms with E-state index in [2.05, 4.69) is 29.2 Å². The second-order valence-electron chi connectivity index (χ2n) is 6.09. The van der Waals surface area contributed by atoms with Crippen molar-refractivity contribution in [2.24, 2.45) is 5.92 Å². The fourth-order valence-corrected chi connectivity index (χ4v) is 3.22. The Kier molecular flexibility index (Phi) is 4.52. The van der Waals surface area contributed by atoms with Gasteiger partial charge in [-0.05, 0) is 42.9 Å². The summed E-state index contributed by atoms with van der Waals surface area (Å²) in [5, 5.41) is 0. The Balaban J connectivity index is 1.72. The van der Waals surface area contributed by atoms with Crippen LogP contribution in [0.25, 0.3) is 11.3 Å². The predicted octanol–water partition coefficient (Wildman–Crippen LogP) is 3.55. The lowest BCUT2D eigenvalue weighted by atomic mass is 9.91. The van der Waals surface area contributed by atoms with E-state index in [9.17, 15) is 4.79 Å². The van der Waals surface area contributed by atoms with Gasteiger partial charge in [-0.3, -0.25) is 9.78 Å². The molecule has 3 rings (SSSR count). The first kappa shape index (κ1) is 14.8. The van der Waals surface area contributed by atoms with Gasteiger partial charge in [-0.2, -0.15) is 0 Å². The summed E-state index contributed by atoms with van der Waals surface area (Å²) in [7, 11) is 0. The molecule has 1 amide bonds. The van der Waals surface area contributed by atoms with Gasteiger partial charge in [0.25, 0.3) is 0 Å². The van der Waals surface area contributed by atoms with Crippen molar-refractivity contribution < 1.29 is 4.79 Å². The van der Waals surface area contributed by atoms with Crippen LogP contribution in [-0.4, -0.2) is 28.9 Å². The van der Waals surface area contributed by atoms with E-state index in [1.165, 1.54) is 12.0 Å². The van der Waals surface area contributed by atoms with Crippen molar-refractivity contribution in [2.45, 2.75) is 26.2 Å². The van der Waals surface area contributed by atoms with E-state index < -0.39 is 0 Å². The number of piperidine rings is 1. The molecule has 1 aromatic carbocycles. The Bertz CT molecular complexity index is 639. The highest BCUT2D eigenvalue weighted by Crippen LogP contribution is 2.23. The first-order valence-electron chi connectivity index (χ1n) is 7.98. The maximum Gasteiger partial charge on any atom is 0.219 e. The van der Waals surface area contributed by atoms with Crippen LogP contribution in [0.4, 0.5) is 0 Å². The van der Waals surface area contributed by atoms with Crippen LogP contribution in [0.15, 0.2) is 48.7 Å². The zero-order chi connectivity index (χ0) is 15.4. The molecule has 22 heavy (non-hydrogen) atoms. The molecule has 1 saturated heterocycles. The monoisotopic (exact) mass is 294 g/mol. The van der Waals surface area contributed by atoms with Crippen molar-refractivity contribution in [3.8, 4) is 11.3 Å². The van der Waals surface area contributed by atoms with Crippen molar-refractivity contribution in [3.63, 3.8) is 0 Å². The van der Waals surface area contributed by atoms with Gasteiger partial charge in [-0.25, -0.2) is 0 Å². The van der Waals surface area contributed by atoms with Crippen molar-refractivity contribution >= 4 is 5.91 Å². The van der Waals surface area contributed by atoms with Gasteiger partial charge in [0.15, 0.2) is 0 Å². The van der Waals surface area contributed by atoms with Crippen molar-refractivity contribution in [1.29, 1.82) is 0 Å². The van der Waals surface area contributed by atoms with Crippen LogP contribution in [0, 0.1) is 5.92 Å². The second kappa shape index (κ2) is 6.73. The zero-order valence-corrected chi connectivity index (χ0v) is 13.0. The summed E-state index contributed by atoms with van der Waals surface area (Å²) in [6.07, 6.45) is 5.23. The molecular weight excluding hydrogens is 272 g/mol.